The molecule has 1 aromatic heterocycles. The highest BCUT2D eigenvalue weighted by Gasteiger charge is 2.03. The Balaban J connectivity index is 1.78. The third-order valence-corrected chi connectivity index (χ3v) is 3.20. The number of hydrogen-bond donors (Lipinski definition) is 2. The van der Waals surface area contributed by atoms with E-state index in [9.17, 15) is 4.39 Å². The zero-order valence-electron chi connectivity index (χ0n) is 11.7. The van der Waals surface area contributed by atoms with Crippen LogP contribution in [0.3, 0.4) is 0 Å². The fraction of sp³-hybridized carbons (Fsp3) is 0.267. The van der Waals surface area contributed by atoms with Crippen LogP contribution in [0.15, 0.2) is 46.0 Å². The lowest BCUT2D eigenvalue weighted by Gasteiger charge is -2.11. The summed E-state index contributed by atoms with van der Waals surface area (Å²) in [7, 11) is 1.69. The molecule has 112 valence electrons. The summed E-state index contributed by atoms with van der Waals surface area (Å²) in [5, 5.41) is 6.44. The van der Waals surface area contributed by atoms with Crippen LogP contribution < -0.4 is 10.6 Å². The van der Waals surface area contributed by atoms with Crippen LogP contribution in [0, 0.1) is 5.82 Å². The summed E-state index contributed by atoms with van der Waals surface area (Å²) >= 11 is 5.74. The van der Waals surface area contributed by atoms with E-state index in [-0.39, 0.29) is 5.02 Å². The molecule has 2 rings (SSSR count). The number of halogens is 2. The first kappa shape index (κ1) is 15.4. The largest absolute Gasteiger partial charge is 0.469 e. The number of furan rings is 1. The quantitative estimate of drug-likeness (QED) is 0.659. The zero-order valence-corrected chi connectivity index (χ0v) is 12.5. The Kier molecular flexibility index (Phi) is 5.63. The van der Waals surface area contributed by atoms with Crippen LogP contribution >= 0.6 is 11.6 Å². The van der Waals surface area contributed by atoms with Gasteiger partial charge in [-0.15, -0.1) is 0 Å². The average Bonchev–Trinajstić information content (AvgIpc) is 2.99. The Bertz CT molecular complexity index is 599. The molecule has 0 saturated carbocycles. The summed E-state index contributed by atoms with van der Waals surface area (Å²) < 4.78 is 18.3. The van der Waals surface area contributed by atoms with Crippen molar-refractivity contribution in [1.29, 1.82) is 0 Å². The fourth-order valence-corrected chi connectivity index (χ4v) is 2.02. The van der Waals surface area contributed by atoms with E-state index < -0.39 is 5.82 Å². The molecule has 2 aromatic rings. The molecule has 1 aromatic carbocycles. The van der Waals surface area contributed by atoms with Gasteiger partial charge in [-0.3, -0.25) is 4.99 Å². The van der Waals surface area contributed by atoms with Crippen molar-refractivity contribution in [3.05, 3.63) is 58.8 Å². The predicted molar refractivity (Wildman–Crippen MR) is 82.0 cm³/mol. The van der Waals surface area contributed by atoms with Gasteiger partial charge in [-0.2, -0.15) is 0 Å². The molecule has 1 heterocycles. The predicted octanol–water partition coefficient (Wildman–Crippen LogP) is 2.98. The molecule has 0 fully saturated rings. The zero-order chi connectivity index (χ0) is 15.1. The summed E-state index contributed by atoms with van der Waals surface area (Å²) in [6.45, 7) is 1.22. The highest BCUT2D eigenvalue weighted by Crippen LogP contribution is 2.15. The molecule has 0 amide bonds. The number of nitrogens with zero attached hydrogens (tertiary/aromatic N) is 1. The second kappa shape index (κ2) is 7.69. The van der Waals surface area contributed by atoms with Gasteiger partial charge in [0, 0.05) is 26.6 Å². The van der Waals surface area contributed by atoms with Gasteiger partial charge in [0.1, 0.15) is 11.6 Å². The number of nitrogens with one attached hydrogen (secondary N) is 2. The van der Waals surface area contributed by atoms with Gasteiger partial charge in [-0.1, -0.05) is 17.7 Å². The van der Waals surface area contributed by atoms with Crippen molar-refractivity contribution in [2.24, 2.45) is 4.99 Å². The van der Waals surface area contributed by atoms with Crippen molar-refractivity contribution in [3.63, 3.8) is 0 Å². The number of guanidine groups is 1. The first-order valence-corrected chi connectivity index (χ1v) is 6.97. The second-order valence-electron chi connectivity index (χ2n) is 4.43. The Morgan fingerprint density at radius 3 is 2.86 bits per heavy atom. The van der Waals surface area contributed by atoms with Crippen molar-refractivity contribution in [1.82, 2.24) is 10.6 Å². The van der Waals surface area contributed by atoms with Crippen molar-refractivity contribution in [2.75, 3.05) is 13.6 Å². The molecule has 0 atom stereocenters. The van der Waals surface area contributed by atoms with Gasteiger partial charge in [0.25, 0.3) is 0 Å². The maximum atomic E-state index is 13.1. The van der Waals surface area contributed by atoms with Gasteiger partial charge in [-0.25, -0.2) is 4.39 Å². The lowest BCUT2D eigenvalue weighted by Crippen LogP contribution is -2.37. The molecule has 21 heavy (non-hydrogen) atoms. The smallest absolute Gasteiger partial charge is 0.191 e. The van der Waals surface area contributed by atoms with Gasteiger partial charge in [0.05, 0.1) is 11.3 Å². The molecule has 0 saturated heterocycles. The minimum Gasteiger partial charge on any atom is -0.469 e. The van der Waals surface area contributed by atoms with Crippen molar-refractivity contribution >= 4 is 17.6 Å². The van der Waals surface area contributed by atoms with Crippen molar-refractivity contribution < 1.29 is 8.81 Å². The average molecular weight is 310 g/mol. The van der Waals surface area contributed by atoms with E-state index in [1.807, 2.05) is 12.1 Å². The fourth-order valence-electron chi connectivity index (χ4n) is 1.81. The summed E-state index contributed by atoms with van der Waals surface area (Å²) in [6.07, 6.45) is 2.43. The second-order valence-corrected chi connectivity index (χ2v) is 4.84. The van der Waals surface area contributed by atoms with E-state index in [0.717, 1.165) is 17.7 Å². The maximum Gasteiger partial charge on any atom is 0.191 e. The minimum absolute atomic E-state index is 0.120. The Morgan fingerprint density at radius 2 is 2.19 bits per heavy atom. The van der Waals surface area contributed by atoms with E-state index in [1.165, 1.54) is 6.07 Å². The first-order valence-electron chi connectivity index (χ1n) is 6.60. The number of rotatable bonds is 5. The van der Waals surface area contributed by atoms with Gasteiger partial charge in [0.2, 0.25) is 0 Å². The Morgan fingerprint density at radius 1 is 1.33 bits per heavy atom. The standard InChI is InChI=1S/C15H17ClFN3O/c1-18-15(19-7-6-12-3-2-8-21-12)20-10-11-4-5-14(17)13(16)9-11/h2-5,8-9H,6-7,10H2,1H3,(H2,18,19,20). The summed E-state index contributed by atoms with van der Waals surface area (Å²) in [5.41, 5.74) is 0.885. The molecule has 2 N–H and O–H groups in total. The lowest BCUT2D eigenvalue weighted by molar-refractivity contribution is 0.507. The van der Waals surface area contributed by atoms with Crippen LogP contribution in [0.4, 0.5) is 4.39 Å². The number of benzene rings is 1. The summed E-state index contributed by atoms with van der Waals surface area (Å²) in [4.78, 5) is 4.12. The Labute approximate surface area is 128 Å². The van der Waals surface area contributed by atoms with Crippen LogP contribution in [0.1, 0.15) is 11.3 Å². The molecule has 0 aliphatic rings. The SMILES string of the molecule is CN=C(NCCc1ccco1)NCc1ccc(F)c(Cl)c1. The molecule has 6 heteroatoms. The van der Waals surface area contributed by atoms with E-state index in [1.54, 1.807) is 25.4 Å². The summed E-state index contributed by atoms with van der Waals surface area (Å²) in [6, 6.07) is 8.43. The molecule has 0 aliphatic heterocycles. The van der Waals surface area contributed by atoms with Crippen LogP contribution in [-0.2, 0) is 13.0 Å². The maximum absolute atomic E-state index is 13.1. The lowest BCUT2D eigenvalue weighted by atomic mass is 10.2. The molecule has 0 radical (unpaired) electrons. The molecule has 0 bridgehead atoms. The van der Waals surface area contributed by atoms with Crippen LogP contribution in [0.2, 0.25) is 5.02 Å². The van der Waals surface area contributed by atoms with E-state index in [0.29, 0.717) is 19.0 Å². The molecular weight excluding hydrogens is 293 g/mol. The number of aliphatic imine (C=N–C) groups is 1. The monoisotopic (exact) mass is 309 g/mol. The van der Waals surface area contributed by atoms with E-state index in [4.69, 9.17) is 16.0 Å². The highest BCUT2D eigenvalue weighted by atomic mass is 35.5. The Hall–Kier alpha value is -2.01. The molecule has 0 unspecified atom stereocenters. The minimum atomic E-state index is -0.415. The normalized spacial score (nSPS) is 11.5. The van der Waals surface area contributed by atoms with Crippen LogP contribution in [-0.4, -0.2) is 19.6 Å². The molecule has 0 aliphatic carbocycles. The first-order chi connectivity index (χ1) is 10.2. The summed E-state index contributed by atoms with van der Waals surface area (Å²) in [5.74, 6) is 1.17. The highest BCUT2D eigenvalue weighted by molar-refractivity contribution is 6.30. The van der Waals surface area contributed by atoms with E-state index >= 15 is 0 Å². The van der Waals surface area contributed by atoms with Crippen molar-refractivity contribution in [2.45, 2.75) is 13.0 Å². The molecule has 4 nitrogen and oxygen atoms in total. The van der Waals surface area contributed by atoms with Crippen LogP contribution in [0.5, 0.6) is 0 Å². The van der Waals surface area contributed by atoms with Gasteiger partial charge < -0.3 is 15.1 Å². The van der Waals surface area contributed by atoms with Gasteiger partial charge in [0.15, 0.2) is 5.96 Å². The van der Waals surface area contributed by atoms with Gasteiger partial charge >= 0.3 is 0 Å². The number of hydrogen-bond acceptors (Lipinski definition) is 2. The van der Waals surface area contributed by atoms with E-state index in [2.05, 4.69) is 15.6 Å². The molecule has 0 spiro atoms. The van der Waals surface area contributed by atoms with Gasteiger partial charge in [-0.05, 0) is 29.8 Å². The molecular formula is C15H17ClFN3O. The third kappa shape index (κ3) is 4.79. The third-order valence-electron chi connectivity index (χ3n) is 2.91. The van der Waals surface area contributed by atoms with Crippen LogP contribution in [0.25, 0.3) is 0 Å². The van der Waals surface area contributed by atoms with Crippen molar-refractivity contribution in [3.8, 4) is 0 Å². The topological polar surface area (TPSA) is 49.6 Å².